The van der Waals surface area contributed by atoms with Crippen molar-refractivity contribution in [2.24, 2.45) is 5.73 Å². The molecule has 58 valence electrons. The summed E-state index contributed by atoms with van der Waals surface area (Å²) in [6.45, 7) is 2.45. The largest absolute Gasteiger partial charge is 0.327 e. The molecule has 0 aromatic carbocycles. The molecule has 3 heteroatoms. The Balaban J connectivity index is 2.79. The SMILES string of the molecule is Cc1cncc(C=CCN)n1. The second kappa shape index (κ2) is 3.83. The molecule has 1 heterocycles. The summed E-state index contributed by atoms with van der Waals surface area (Å²) in [6, 6.07) is 0. The van der Waals surface area contributed by atoms with Crippen LogP contribution in [-0.2, 0) is 0 Å². The fourth-order valence-corrected chi connectivity index (χ4v) is 0.752. The Hall–Kier alpha value is -1.22. The molecule has 0 unspecified atom stereocenters. The Kier molecular flexibility index (Phi) is 2.74. The van der Waals surface area contributed by atoms with E-state index in [1.807, 2.05) is 19.1 Å². The standard InChI is InChI=1S/C8H11N3/c1-7-5-10-6-8(11-7)3-2-4-9/h2-3,5-6H,4,9H2,1H3. The highest BCUT2D eigenvalue weighted by atomic mass is 14.8. The van der Waals surface area contributed by atoms with E-state index in [9.17, 15) is 0 Å². The Morgan fingerprint density at radius 1 is 1.55 bits per heavy atom. The van der Waals surface area contributed by atoms with E-state index in [4.69, 9.17) is 5.73 Å². The molecule has 0 saturated carbocycles. The van der Waals surface area contributed by atoms with Crippen molar-refractivity contribution < 1.29 is 0 Å². The summed E-state index contributed by atoms with van der Waals surface area (Å²) in [6.07, 6.45) is 7.14. The van der Waals surface area contributed by atoms with Gasteiger partial charge < -0.3 is 5.73 Å². The molecule has 0 amide bonds. The van der Waals surface area contributed by atoms with E-state index in [1.54, 1.807) is 12.4 Å². The number of nitrogens with zero attached hydrogens (tertiary/aromatic N) is 2. The first-order chi connectivity index (χ1) is 5.33. The van der Waals surface area contributed by atoms with Crippen LogP contribution in [0.5, 0.6) is 0 Å². The van der Waals surface area contributed by atoms with Crippen molar-refractivity contribution in [3.63, 3.8) is 0 Å². The molecular weight excluding hydrogens is 138 g/mol. The van der Waals surface area contributed by atoms with Crippen molar-refractivity contribution in [2.75, 3.05) is 6.54 Å². The van der Waals surface area contributed by atoms with Gasteiger partial charge in [-0.3, -0.25) is 9.97 Å². The molecule has 0 fully saturated rings. The van der Waals surface area contributed by atoms with Crippen LogP contribution in [0.15, 0.2) is 18.5 Å². The van der Waals surface area contributed by atoms with E-state index in [2.05, 4.69) is 9.97 Å². The second-order valence-corrected chi connectivity index (χ2v) is 2.22. The normalized spacial score (nSPS) is 10.7. The first kappa shape index (κ1) is 7.88. The minimum absolute atomic E-state index is 0.537. The molecule has 0 spiro atoms. The molecule has 0 aliphatic rings. The maximum atomic E-state index is 5.28. The molecule has 11 heavy (non-hydrogen) atoms. The molecule has 1 aromatic heterocycles. The minimum Gasteiger partial charge on any atom is -0.327 e. The summed E-state index contributed by atoms with van der Waals surface area (Å²) in [5.41, 5.74) is 7.06. The third-order valence-electron chi connectivity index (χ3n) is 1.20. The molecule has 0 atom stereocenters. The van der Waals surface area contributed by atoms with Crippen molar-refractivity contribution >= 4 is 6.08 Å². The van der Waals surface area contributed by atoms with Gasteiger partial charge in [0.1, 0.15) is 0 Å². The van der Waals surface area contributed by atoms with Gasteiger partial charge in [0.05, 0.1) is 17.6 Å². The fraction of sp³-hybridized carbons (Fsp3) is 0.250. The molecule has 3 nitrogen and oxygen atoms in total. The monoisotopic (exact) mass is 149 g/mol. The Morgan fingerprint density at radius 2 is 2.36 bits per heavy atom. The lowest BCUT2D eigenvalue weighted by molar-refractivity contribution is 1.10. The van der Waals surface area contributed by atoms with Gasteiger partial charge in [-0.2, -0.15) is 0 Å². The number of aromatic nitrogens is 2. The van der Waals surface area contributed by atoms with Crippen molar-refractivity contribution in [3.05, 3.63) is 29.9 Å². The van der Waals surface area contributed by atoms with Gasteiger partial charge in [0.2, 0.25) is 0 Å². The summed E-state index contributed by atoms with van der Waals surface area (Å²) in [7, 11) is 0. The highest BCUT2D eigenvalue weighted by Crippen LogP contribution is 1.96. The van der Waals surface area contributed by atoms with Crippen LogP contribution in [0.25, 0.3) is 6.08 Å². The zero-order valence-electron chi connectivity index (χ0n) is 6.49. The van der Waals surface area contributed by atoms with E-state index in [1.165, 1.54) is 0 Å². The summed E-state index contributed by atoms with van der Waals surface area (Å²) in [4.78, 5) is 8.19. The van der Waals surface area contributed by atoms with Gasteiger partial charge in [-0.15, -0.1) is 0 Å². The molecule has 0 saturated heterocycles. The Morgan fingerprint density at radius 3 is 3.00 bits per heavy atom. The van der Waals surface area contributed by atoms with Gasteiger partial charge in [-0.1, -0.05) is 6.08 Å². The third kappa shape index (κ3) is 2.47. The fourth-order valence-electron chi connectivity index (χ4n) is 0.752. The van der Waals surface area contributed by atoms with Gasteiger partial charge in [0.25, 0.3) is 0 Å². The molecule has 0 aliphatic heterocycles. The maximum Gasteiger partial charge on any atom is 0.0813 e. The lowest BCUT2D eigenvalue weighted by Crippen LogP contribution is -1.93. The zero-order chi connectivity index (χ0) is 8.10. The summed E-state index contributed by atoms with van der Waals surface area (Å²) >= 11 is 0. The number of hydrogen-bond acceptors (Lipinski definition) is 3. The number of rotatable bonds is 2. The topological polar surface area (TPSA) is 51.8 Å². The lowest BCUT2D eigenvalue weighted by atomic mass is 10.4. The molecule has 0 bridgehead atoms. The maximum absolute atomic E-state index is 5.28. The van der Waals surface area contributed by atoms with Gasteiger partial charge in [-0.25, -0.2) is 0 Å². The van der Waals surface area contributed by atoms with Gasteiger partial charge >= 0.3 is 0 Å². The van der Waals surface area contributed by atoms with Crippen molar-refractivity contribution in [1.29, 1.82) is 0 Å². The molecule has 0 radical (unpaired) electrons. The van der Waals surface area contributed by atoms with Gasteiger partial charge in [-0.05, 0) is 13.0 Å². The molecule has 2 N–H and O–H groups in total. The third-order valence-corrected chi connectivity index (χ3v) is 1.20. The number of hydrogen-bond donors (Lipinski definition) is 1. The van der Waals surface area contributed by atoms with Crippen LogP contribution in [0.1, 0.15) is 11.4 Å². The van der Waals surface area contributed by atoms with Crippen LogP contribution < -0.4 is 5.73 Å². The predicted molar refractivity (Wildman–Crippen MR) is 44.9 cm³/mol. The van der Waals surface area contributed by atoms with E-state index < -0.39 is 0 Å². The van der Waals surface area contributed by atoms with Gasteiger partial charge in [0, 0.05) is 12.7 Å². The first-order valence-electron chi connectivity index (χ1n) is 3.48. The highest BCUT2D eigenvalue weighted by molar-refractivity contribution is 5.42. The van der Waals surface area contributed by atoms with Crippen LogP contribution >= 0.6 is 0 Å². The van der Waals surface area contributed by atoms with Gasteiger partial charge in [0.15, 0.2) is 0 Å². The molecule has 0 aliphatic carbocycles. The zero-order valence-corrected chi connectivity index (χ0v) is 6.49. The first-order valence-corrected chi connectivity index (χ1v) is 3.48. The van der Waals surface area contributed by atoms with Crippen molar-refractivity contribution in [3.8, 4) is 0 Å². The van der Waals surface area contributed by atoms with Crippen LogP contribution in [0.2, 0.25) is 0 Å². The van der Waals surface area contributed by atoms with E-state index >= 15 is 0 Å². The predicted octanol–water partition coefficient (Wildman–Crippen LogP) is 0.757. The summed E-state index contributed by atoms with van der Waals surface area (Å²) in [5.74, 6) is 0. The summed E-state index contributed by atoms with van der Waals surface area (Å²) < 4.78 is 0. The van der Waals surface area contributed by atoms with Crippen molar-refractivity contribution in [1.82, 2.24) is 9.97 Å². The second-order valence-electron chi connectivity index (χ2n) is 2.22. The lowest BCUT2D eigenvalue weighted by Gasteiger charge is -1.92. The Labute approximate surface area is 66.0 Å². The van der Waals surface area contributed by atoms with Crippen LogP contribution in [-0.4, -0.2) is 16.5 Å². The van der Waals surface area contributed by atoms with E-state index in [-0.39, 0.29) is 0 Å². The number of aryl methyl sites for hydroxylation is 1. The quantitative estimate of drug-likeness (QED) is 0.675. The highest BCUT2D eigenvalue weighted by Gasteiger charge is 1.87. The molecule has 1 rings (SSSR count). The summed E-state index contributed by atoms with van der Waals surface area (Å²) in [5, 5.41) is 0. The average molecular weight is 149 g/mol. The Bertz CT molecular complexity index is 255. The molecule has 1 aromatic rings. The number of nitrogens with two attached hydrogens (primary N) is 1. The molecular formula is C8H11N3. The van der Waals surface area contributed by atoms with E-state index in [0.717, 1.165) is 11.4 Å². The van der Waals surface area contributed by atoms with E-state index in [0.29, 0.717) is 6.54 Å². The average Bonchev–Trinajstić information content (AvgIpc) is 2.01. The smallest absolute Gasteiger partial charge is 0.0813 e. The van der Waals surface area contributed by atoms with Crippen molar-refractivity contribution in [2.45, 2.75) is 6.92 Å². The van der Waals surface area contributed by atoms with Crippen LogP contribution in [0, 0.1) is 6.92 Å². The van der Waals surface area contributed by atoms with Crippen LogP contribution in [0.4, 0.5) is 0 Å². The van der Waals surface area contributed by atoms with Crippen LogP contribution in [0.3, 0.4) is 0 Å². The minimum atomic E-state index is 0.537.